The van der Waals surface area contributed by atoms with Gasteiger partial charge in [0.2, 0.25) is 0 Å². The molecule has 6 heteroatoms. The van der Waals surface area contributed by atoms with Gasteiger partial charge in [-0.3, -0.25) is 0 Å². The van der Waals surface area contributed by atoms with Crippen molar-refractivity contribution in [2.24, 2.45) is 5.92 Å². The van der Waals surface area contributed by atoms with Crippen LogP contribution < -0.4 is 0 Å². The molecule has 0 amide bonds. The van der Waals surface area contributed by atoms with Gasteiger partial charge >= 0.3 is 11.9 Å². The van der Waals surface area contributed by atoms with Gasteiger partial charge in [-0.15, -0.1) is 0 Å². The molecule has 2 aromatic carbocycles. The fourth-order valence-electron chi connectivity index (χ4n) is 3.31. The summed E-state index contributed by atoms with van der Waals surface area (Å²) in [5.74, 6) is -0.764. The minimum Gasteiger partial charge on any atom is -0.459 e. The molecule has 0 N–H and O–H groups in total. The molecule has 0 spiro atoms. The fourth-order valence-corrected chi connectivity index (χ4v) is 3.31. The Hall–Kier alpha value is -2.70. The third kappa shape index (κ3) is 5.89. The smallest absolute Gasteiger partial charge is 0.338 e. The Morgan fingerprint density at radius 3 is 2.14 bits per heavy atom. The summed E-state index contributed by atoms with van der Waals surface area (Å²) >= 11 is 0. The van der Waals surface area contributed by atoms with Crippen LogP contribution in [0.1, 0.15) is 27.1 Å². The molecule has 1 aliphatic rings. The van der Waals surface area contributed by atoms with Crippen molar-refractivity contribution in [3.63, 3.8) is 0 Å². The normalized spacial score (nSPS) is 21.1. The second-order valence-corrected chi connectivity index (χ2v) is 7.42. The number of rotatable bonds is 8. The SMILES string of the molecule is CN(C)CCC1CO[C@H](COC(=O)c2ccccc2)[C@H]1OC(=O)c1ccccc1. The van der Waals surface area contributed by atoms with Crippen LogP contribution in [0.25, 0.3) is 0 Å². The zero-order valence-corrected chi connectivity index (χ0v) is 16.8. The van der Waals surface area contributed by atoms with E-state index in [0.717, 1.165) is 13.0 Å². The van der Waals surface area contributed by atoms with Crippen molar-refractivity contribution in [1.82, 2.24) is 4.90 Å². The van der Waals surface area contributed by atoms with Crippen molar-refractivity contribution in [3.05, 3.63) is 71.8 Å². The minimum absolute atomic E-state index is 0.0406. The van der Waals surface area contributed by atoms with Gasteiger partial charge in [0.05, 0.1) is 17.7 Å². The lowest BCUT2D eigenvalue weighted by atomic mass is 9.98. The molecule has 2 aromatic rings. The number of benzene rings is 2. The van der Waals surface area contributed by atoms with Crippen LogP contribution in [0.4, 0.5) is 0 Å². The van der Waals surface area contributed by atoms with E-state index in [1.807, 2.05) is 26.2 Å². The first-order chi connectivity index (χ1) is 14.0. The first kappa shape index (κ1) is 21.0. The molecule has 0 bridgehead atoms. The predicted molar refractivity (Wildman–Crippen MR) is 109 cm³/mol. The van der Waals surface area contributed by atoms with E-state index >= 15 is 0 Å². The van der Waals surface area contributed by atoms with Crippen LogP contribution >= 0.6 is 0 Å². The molecule has 1 aliphatic heterocycles. The highest BCUT2D eigenvalue weighted by Crippen LogP contribution is 2.28. The number of hydrogen-bond donors (Lipinski definition) is 0. The first-order valence-corrected chi connectivity index (χ1v) is 9.79. The highest BCUT2D eigenvalue weighted by molar-refractivity contribution is 5.90. The Bertz CT molecular complexity index is 793. The van der Waals surface area contributed by atoms with Gasteiger partial charge in [-0.25, -0.2) is 9.59 Å². The van der Waals surface area contributed by atoms with Crippen molar-refractivity contribution in [2.45, 2.75) is 18.6 Å². The molecule has 1 unspecified atom stereocenters. The van der Waals surface area contributed by atoms with Crippen LogP contribution in [0, 0.1) is 5.92 Å². The molecule has 0 saturated carbocycles. The van der Waals surface area contributed by atoms with E-state index in [0.29, 0.717) is 17.7 Å². The molecule has 1 fully saturated rings. The number of esters is 2. The van der Waals surface area contributed by atoms with E-state index in [-0.39, 0.29) is 12.5 Å². The third-order valence-corrected chi connectivity index (χ3v) is 4.94. The summed E-state index contributed by atoms with van der Waals surface area (Å²) in [5, 5.41) is 0. The Morgan fingerprint density at radius 1 is 0.966 bits per heavy atom. The highest BCUT2D eigenvalue weighted by Gasteiger charge is 2.41. The molecule has 3 rings (SSSR count). The van der Waals surface area contributed by atoms with E-state index in [9.17, 15) is 9.59 Å². The van der Waals surface area contributed by atoms with Gasteiger partial charge in [0.15, 0.2) is 0 Å². The summed E-state index contributed by atoms with van der Waals surface area (Å²) in [4.78, 5) is 26.9. The van der Waals surface area contributed by atoms with Gasteiger partial charge in [0.25, 0.3) is 0 Å². The molecule has 3 atom stereocenters. The van der Waals surface area contributed by atoms with Crippen molar-refractivity contribution in [3.8, 4) is 0 Å². The summed E-state index contributed by atoms with van der Waals surface area (Å²) in [6.45, 7) is 1.36. The van der Waals surface area contributed by atoms with Gasteiger partial charge in [-0.2, -0.15) is 0 Å². The van der Waals surface area contributed by atoms with Gasteiger partial charge in [0.1, 0.15) is 18.8 Å². The van der Waals surface area contributed by atoms with Crippen LogP contribution in [0.5, 0.6) is 0 Å². The Balaban J connectivity index is 1.65. The minimum atomic E-state index is -0.484. The molecule has 154 valence electrons. The van der Waals surface area contributed by atoms with Crippen LogP contribution in [0.15, 0.2) is 60.7 Å². The average molecular weight is 397 g/mol. The maximum absolute atomic E-state index is 12.6. The number of hydrogen-bond acceptors (Lipinski definition) is 6. The standard InChI is InChI=1S/C23H27NO5/c1-24(2)14-13-19-15-27-20(16-28-22(25)17-9-5-3-6-10-17)21(19)29-23(26)18-11-7-4-8-12-18/h3-12,19-21H,13-16H2,1-2H3/t19?,20-,21+/m1/s1. The Morgan fingerprint density at radius 2 is 1.55 bits per heavy atom. The second kappa shape index (κ2) is 10.2. The fraction of sp³-hybridized carbons (Fsp3) is 0.391. The molecule has 0 aromatic heterocycles. The zero-order valence-electron chi connectivity index (χ0n) is 16.8. The van der Waals surface area contributed by atoms with Crippen LogP contribution in [-0.2, 0) is 14.2 Å². The van der Waals surface area contributed by atoms with Gasteiger partial charge in [0, 0.05) is 5.92 Å². The number of nitrogens with zero attached hydrogens (tertiary/aromatic N) is 1. The van der Waals surface area contributed by atoms with Crippen LogP contribution in [0.2, 0.25) is 0 Å². The third-order valence-electron chi connectivity index (χ3n) is 4.94. The summed E-state index contributed by atoms with van der Waals surface area (Å²) in [6.07, 6.45) is -0.128. The lowest BCUT2D eigenvalue weighted by Gasteiger charge is -2.24. The second-order valence-electron chi connectivity index (χ2n) is 7.42. The monoisotopic (exact) mass is 397 g/mol. The highest BCUT2D eigenvalue weighted by atomic mass is 16.6. The Kier molecular flexibility index (Phi) is 7.38. The summed E-state index contributed by atoms with van der Waals surface area (Å²) < 4.78 is 17.1. The number of carbonyl (C=O) groups excluding carboxylic acids is 2. The van der Waals surface area contributed by atoms with E-state index in [1.165, 1.54) is 0 Å². The first-order valence-electron chi connectivity index (χ1n) is 9.79. The van der Waals surface area contributed by atoms with Crippen LogP contribution in [0.3, 0.4) is 0 Å². The Labute approximate surface area is 171 Å². The summed E-state index contributed by atoms with van der Waals surface area (Å²) in [6, 6.07) is 17.7. The van der Waals surface area contributed by atoms with Crippen molar-refractivity contribution in [2.75, 3.05) is 33.9 Å². The largest absolute Gasteiger partial charge is 0.459 e. The topological polar surface area (TPSA) is 65.1 Å². The molecule has 0 aliphatic carbocycles. The predicted octanol–water partition coefficient (Wildman–Crippen LogP) is 3.04. The molecular weight excluding hydrogens is 370 g/mol. The lowest BCUT2D eigenvalue weighted by Crippen LogP contribution is -2.36. The van der Waals surface area contributed by atoms with E-state index < -0.39 is 24.1 Å². The molecule has 1 heterocycles. The average Bonchev–Trinajstić information content (AvgIpc) is 3.13. The molecular formula is C23H27NO5. The summed E-state index contributed by atoms with van der Waals surface area (Å²) in [7, 11) is 4.00. The van der Waals surface area contributed by atoms with Crippen molar-refractivity contribution >= 4 is 11.9 Å². The van der Waals surface area contributed by atoms with Gasteiger partial charge in [-0.1, -0.05) is 36.4 Å². The number of carbonyl (C=O) groups is 2. The quantitative estimate of drug-likeness (QED) is 0.638. The molecule has 29 heavy (non-hydrogen) atoms. The van der Waals surface area contributed by atoms with Crippen LogP contribution in [-0.4, -0.2) is 62.9 Å². The summed E-state index contributed by atoms with van der Waals surface area (Å²) in [5.41, 5.74) is 0.971. The van der Waals surface area contributed by atoms with Crippen molar-refractivity contribution < 1.29 is 23.8 Å². The molecule has 0 radical (unpaired) electrons. The van der Waals surface area contributed by atoms with Crippen molar-refractivity contribution in [1.29, 1.82) is 0 Å². The van der Waals surface area contributed by atoms with E-state index in [2.05, 4.69) is 4.90 Å². The molecule has 1 saturated heterocycles. The van der Waals surface area contributed by atoms with E-state index in [4.69, 9.17) is 14.2 Å². The van der Waals surface area contributed by atoms with E-state index in [1.54, 1.807) is 48.5 Å². The maximum Gasteiger partial charge on any atom is 0.338 e. The maximum atomic E-state index is 12.6. The van der Waals surface area contributed by atoms with Gasteiger partial charge in [-0.05, 0) is 51.3 Å². The number of ether oxygens (including phenoxy) is 3. The lowest BCUT2D eigenvalue weighted by molar-refractivity contribution is -0.0316. The van der Waals surface area contributed by atoms with Gasteiger partial charge < -0.3 is 19.1 Å². The zero-order chi connectivity index (χ0) is 20.6. The molecule has 6 nitrogen and oxygen atoms in total.